The monoisotopic (exact) mass is 1000 g/mol. The number of ether oxygens (including phenoxy) is 3. The second-order valence-corrected chi connectivity index (χ2v) is 20.7. The van der Waals surface area contributed by atoms with E-state index in [1.54, 1.807) is 0 Å². The van der Waals surface area contributed by atoms with Gasteiger partial charge >= 0.3 is 17.9 Å². The van der Waals surface area contributed by atoms with Gasteiger partial charge in [0.25, 0.3) is 0 Å². The van der Waals surface area contributed by atoms with Crippen LogP contribution in [0.15, 0.2) is 72.9 Å². The second-order valence-electron chi connectivity index (χ2n) is 20.7. The molecule has 0 aliphatic heterocycles. The van der Waals surface area contributed by atoms with Crippen LogP contribution in [0, 0.1) is 0 Å². The van der Waals surface area contributed by atoms with Gasteiger partial charge in [-0.1, -0.05) is 267 Å². The number of unbranched alkanes of at least 4 members (excludes halogenated alkanes) is 36. The maximum atomic E-state index is 12.9. The Hall–Kier alpha value is -3.15. The highest BCUT2D eigenvalue weighted by Gasteiger charge is 2.19. The van der Waals surface area contributed by atoms with E-state index in [0.29, 0.717) is 19.3 Å². The van der Waals surface area contributed by atoms with Gasteiger partial charge in [0.1, 0.15) is 13.2 Å². The Morgan fingerprint density at radius 3 is 0.847 bits per heavy atom. The van der Waals surface area contributed by atoms with Crippen molar-refractivity contribution in [2.45, 2.75) is 316 Å². The average molecular weight is 1010 g/mol. The van der Waals surface area contributed by atoms with Crippen molar-refractivity contribution < 1.29 is 28.6 Å². The van der Waals surface area contributed by atoms with Crippen LogP contribution in [0.1, 0.15) is 310 Å². The van der Waals surface area contributed by atoms with Crippen molar-refractivity contribution in [1.82, 2.24) is 0 Å². The predicted octanol–water partition coefficient (Wildman–Crippen LogP) is 20.9. The third kappa shape index (κ3) is 57.7. The Labute approximate surface area is 446 Å². The molecule has 0 aromatic carbocycles. The van der Waals surface area contributed by atoms with Crippen LogP contribution in [0.25, 0.3) is 0 Å². The van der Waals surface area contributed by atoms with Crippen molar-refractivity contribution in [3.63, 3.8) is 0 Å². The number of hydrogen-bond donors (Lipinski definition) is 0. The van der Waals surface area contributed by atoms with Crippen LogP contribution in [-0.4, -0.2) is 37.2 Å². The molecule has 1 unspecified atom stereocenters. The minimum atomic E-state index is -0.790. The lowest BCUT2D eigenvalue weighted by molar-refractivity contribution is -0.167. The van der Waals surface area contributed by atoms with Crippen LogP contribution in [-0.2, 0) is 28.6 Å². The van der Waals surface area contributed by atoms with E-state index in [1.165, 1.54) is 186 Å². The molecule has 0 radical (unpaired) electrons. The summed E-state index contributed by atoms with van der Waals surface area (Å²) in [5.41, 5.74) is 0. The van der Waals surface area contributed by atoms with Gasteiger partial charge in [-0.05, 0) is 96.3 Å². The standard InChI is InChI=1S/C66H116O6/c1-4-7-10-13-16-19-22-25-28-31-33-36-38-41-44-47-50-53-56-59-65(68)71-62-63(61-70-64(67)58-55-52-49-46-43-40-37-34-30-27-24-21-18-15-12-9-6-3)72-66(69)60-57-54-51-48-45-42-39-35-32-29-26-23-20-17-14-11-8-5-2/h16,19,22-23,25-27,29-30,32,35,39,63H,4-15,17-18,20-21,24,28,31,33-34,36-38,40-62H2,1-3H3/b19-16-,25-22-,26-23-,30-27-,32-29-,39-35-. The van der Waals surface area contributed by atoms with Gasteiger partial charge in [-0.3, -0.25) is 14.4 Å². The molecule has 0 amide bonds. The highest BCUT2D eigenvalue weighted by molar-refractivity contribution is 5.71. The van der Waals surface area contributed by atoms with E-state index in [-0.39, 0.29) is 31.1 Å². The molecule has 0 aliphatic rings. The van der Waals surface area contributed by atoms with Gasteiger partial charge in [-0.2, -0.15) is 0 Å². The predicted molar refractivity (Wildman–Crippen MR) is 311 cm³/mol. The molecule has 0 fully saturated rings. The highest BCUT2D eigenvalue weighted by Crippen LogP contribution is 2.16. The van der Waals surface area contributed by atoms with Crippen LogP contribution >= 0.6 is 0 Å². The molecular formula is C66H116O6. The van der Waals surface area contributed by atoms with Crippen LogP contribution < -0.4 is 0 Å². The lowest BCUT2D eigenvalue weighted by Gasteiger charge is -2.18. The number of carbonyl (C=O) groups excluding carboxylic acids is 3. The lowest BCUT2D eigenvalue weighted by atomic mass is 10.1. The number of allylic oxidation sites excluding steroid dienone is 12. The van der Waals surface area contributed by atoms with Crippen molar-refractivity contribution >= 4 is 17.9 Å². The SMILES string of the molecule is CCCCC/C=C\C=C/CCCCCCCCCCCCC(=O)OCC(COC(=O)CCCCCCCCC/C=C\CCCCCCCC)OC(=O)CCCCCCC\C=C/C=C\C=C/CCCCCCC. The largest absolute Gasteiger partial charge is 0.462 e. The Morgan fingerprint density at radius 2 is 0.514 bits per heavy atom. The number of esters is 3. The first kappa shape index (κ1) is 68.8. The topological polar surface area (TPSA) is 78.9 Å². The molecule has 6 heteroatoms. The van der Waals surface area contributed by atoms with E-state index in [1.807, 2.05) is 0 Å². The van der Waals surface area contributed by atoms with Gasteiger partial charge in [0.15, 0.2) is 6.10 Å². The molecule has 0 aromatic heterocycles. The van der Waals surface area contributed by atoms with Crippen molar-refractivity contribution in [3.8, 4) is 0 Å². The van der Waals surface area contributed by atoms with Crippen LogP contribution in [0.5, 0.6) is 0 Å². The number of rotatable bonds is 56. The Morgan fingerprint density at radius 1 is 0.278 bits per heavy atom. The molecule has 6 nitrogen and oxygen atoms in total. The normalized spacial score (nSPS) is 12.5. The van der Waals surface area contributed by atoms with Crippen molar-refractivity contribution in [2.75, 3.05) is 13.2 Å². The first-order valence-corrected chi connectivity index (χ1v) is 31.0. The van der Waals surface area contributed by atoms with E-state index in [9.17, 15) is 14.4 Å². The fraction of sp³-hybridized carbons (Fsp3) is 0.773. The smallest absolute Gasteiger partial charge is 0.306 e. The van der Waals surface area contributed by atoms with E-state index in [0.717, 1.165) is 83.5 Å². The first-order valence-electron chi connectivity index (χ1n) is 31.0. The Bertz CT molecular complexity index is 1340. The number of hydrogen-bond acceptors (Lipinski definition) is 6. The van der Waals surface area contributed by atoms with Crippen LogP contribution in [0.2, 0.25) is 0 Å². The molecule has 0 heterocycles. The lowest BCUT2D eigenvalue weighted by Crippen LogP contribution is -2.30. The molecule has 0 saturated heterocycles. The van der Waals surface area contributed by atoms with Crippen molar-refractivity contribution in [3.05, 3.63) is 72.9 Å². The zero-order chi connectivity index (χ0) is 52.2. The molecule has 416 valence electrons. The summed E-state index contributed by atoms with van der Waals surface area (Å²) >= 11 is 0. The van der Waals surface area contributed by atoms with Crippen molar-refractivity contribution in [1.29, 1.82) is 0 Å². The summed E-state index contributed by atoms with van der Waals surface area (Å²) < 4.78 is 16.9. The maximum absolute atomic E-state index is 12.9. The quantitative estimate of drug-likeness (QED) is 0.0199. The van der Waals surface area contributed by atoms with Crippen molar-refractivity contribution in [2.24, 2.45) is 0 Å². The second kappa shape index (κ2) is 60.4. The van der Waals surface area contributed by atoms with Gasteiger partial charge in [0.05, 0.1) is 0 Å². The minimum absolute atomic E-state index is 0.0860. The molecule has 0 N–H and O–H groups in total. The summed E-state index contributed by atoms with van der Waals surface area (Å²) in [5, 5.41) is 0. The minimum Gasteiger partial charge on any atom is -0.462 e. The first-order chi connectivity index (χ1) is 35.5. The molecular weight excluding hydrogens is 889 g/mol. The molecule has 0 bridgehead atoms. The van der Waals surface area contributed by atoms with E-state index in [4.69, 9.17) is 14.2 Å². The van der Waals surface area contributed by atoms with E-state index in [2.05, 4.69) is 93.7 Å². The summed E-state index contributed by atoms with van der Waals surface area (Å²) in [7, 11) is 0. The third-order valence-electron chi connectivity index (χ3n) is 13.5. The van der Waals surface area contributed by atoms with E-state index >= 15 is 0 Å². The summed E-state index contributed by atoms with van der Waals surface area (Å²) in [6.07, 6.45) is 77.4. The van der Waals surface area contributed by atoms with Crippen LogP contribution in [0.3, 0.4) is 0 Å². The average Bonchev–Trinajstić information content (AvgIpc) is 3.38. The summed E-state index contributed by atoms with van der Waals surface area (Å²) in [4.78, 5) is 38.3. The zero-order valence-electron chi connectivity index (χ0n) is 47.7. The Kier molecular flexibility index (Phi) is 57.8. The van der Waals surface area contributed by atoms with Gasteiger partial charge < -0.3 is 14.2 Å². The third-order valence-corrected chi connectivity index (χ3v) is 13.5. The molecule has 0 rings (SSSR count). The fourth-order valence-corrected chi connectivity index (χ4v) is 8.78. The zero-order valence-corrected chi connectivity index (χ0v) is 47.7. The molecule has 1 atom stereocenters. The molecule has 0 aromatic rings. The van der Waals surface area contributed by atoms with Gasteiger partial charge in [0.2, 0.25) is 0 Å². The number of carbonyl (C=O) groups is 3. The molecule has 0 saturated carbocycles. The van der Waals surface area contributed by atoms with Crippen LogP contribution in [0.4, 0.5) is 0 Å². The summed E-state index contributed by atoms with van der Waals surface area (Å²) in [5.74, 6) is -0.901. The highest BCUT2D eigenvalue weighted by atomic mass is 16.6. The molecule has 72 heavy (non-hydrogen) atoms. The molecule has 0 spiro atoms. The van der Waals surface area contributed by atoms with Gasteiger partial charge in [-0.15, -0.1) is 0 Å². The molecule has 0 aliphatic carbocycles. The van der Waals surface area contributed by atoms with Gasteiger partial charge in [0, 0.05) is 19.3 Å². The van der Waals surface area contributed by atoms with E-state index < -0.39 is 6.10 Å². The summed E-state index contributed by atoms with van der Waals surface area (Å²) in [6.45, 7) is 6.60. The Balaban J connectivity index is 4.42. The summed E-state index contributed by atoms with van der Waals surface area (Å²) in [6, 6.07) is 0. The van der Waals surface area contributed by atoms with Gasteiger partial charge in [-0.25, -0.2) is 0 Å². The maximum Gasteiger partial charge on any atom is 0.306 e. The fourth-order valence-electron chi connectivity index (χ4n) is 8.78.